The highest BCUT2D eigenvalue weighted by atomic mass is 16.2. The molecule has 1 N–H and O–H groups in total. The van der Waals surface area contributed by atoms with Crippen LogP contribution in [0.15, 0.2) is 71.9 Å². The lowest BCUT2D eigenvalue weighted by Gasteiger charge is -2.11. The summed E-state index contributed by atoms with van der Waals surface area (Å²) in [5.74, 6) is -0.412. The summed E-state index contributed by atoms with van der Waals surface area (Å²) in [5, 5.41) is 2.73. The highest BCUT2D eigenvalue weighted by molar-refractivity contribution is 6.04. The van der Waals surface area contributed by atoms with Crippen LogP contribution in [0.25, 0.3) is 0 Å². The summed E-state index contributed by atoms with van der Waals surface area (Å²) in [7, 11) is 0. The number of benzene rings is 1. The molecule has 0 aliphatic heterocycles. The average molecular weight is 333 g/mol. The van der Waals surface area contributed by atoms with Gasteiger partial charge >= 0.3 is 0 Å². The van der Waals surface area contributed by atoms with E-state index in [9.17, 15) is 9.59 Å². The Labute approximate surface area is 146 Å². The Hall–Kier alpha value is -3.21. The molecule has 0 saturated carbocycles. The summed E-state index contributed by atoms with van der Waals surface area (Å²) in [6.07, 6.45) is 5.64. The van der Waals surface area contributed by atoms with Gasteiger partial charge in [0, 0.05) is 18.9 Å². The fraction of sp³-hybridized carbons (Fsp3) is 0.150. The minimum Gasteiger partial charge on any atom is -0.320 e. The molecule has 0 saturated heterocycles. The lowest BCUT2D eigenvalue weighted by atomic mass is 10.1. The lowest BCUT2D eigenvalue weighted by Crippen LogP contribution is -2.30. The van der Waals surface area contributed by atoms with Gasteiger partial charge in [-0.2, -0.15) is 0 Å². The molecule has 1 aromatic carbocycles. The van der Waals surface area contributed by atoms with E-state index >= 15 is 0 Å². The van der Waals surface area contributed by atoms with Crippen molar-refractivity contribution in [2.45, 2.75) is 19.9 Å². The predicted octanol–water partition coefficient (Wildman–Crippen LogP) is 3.05. The van der Waals surface area contributed by atoms with Gasteiger partial charge in [0.1, 0.15) is 5.56 Å². The van der Waals surface area contributed by atoms with Crippen LogP contribution in [0.1, 0.15) is 21.5 Å². The summed E-state index contributed by atoms with van der Waals surface area (Å²) in [5.41, 5.74) is 2.25. The third-order valence-corrected chi connectivity index (χ3v) is 4.00. The van der Waals surface area contributed by atoms with Crippen LogP contribution in [-0.4, -0.2) is 15.5 Å². The van der Waals surface area contributed by atoms with Crippen molar-refractivity contribution in [1.82, 2.24) is 9.55 Å². The van der Waals surface area contributed by atoms with Gasteiger partial charge in [0.05, 0.1) is 11.9 Å². The van der Waals surface area contributed by atoms with Gasteiger partial charge in [0.15, 0.2) is 0 Å². The molecule has 0 spiro atoms. The molecule has 0 radical (unpaired) electrons. The third-order valence-electron chi connectivity index (χ3n) is 4.00. The van der Waals surface area contributed by atoms with Crippen LogP contribution in [0.3, 0.4) is 0 Å². The second-order valence-electron chi connectivity index (χ2n) is 5.80. The molecule has 1 amide bonds. The van der Waals surface area contributed by atoms with Gasteiger partial charge < -0.3 is 9.88 Å². The summed E-state index contributed by atoms with van der Waals surface area (Å²) in [6.45, 7) is 2.29. The number of carbonyl (C=O) groups excluding carboxylic acids is 1. The second kappa shape index (κ2) is 7.57. The molecule has 3 rings (SSSR count). The van der Waals surface area contributed by atoms with Crippen LogP contribution in [-0.2, 0) is 13.0 Å². The molecule has 5 nitrogen and oxygen atoms in total. The van der Waals surface area contributed by atoms with Crippen molar-refractivity contribution in [2.24, 2.45) is 0 Å². The van der Waals surface area contributed by atoms with Gasteiger partial charge in [0.2, 0.25) is 0 Å². The number of hydrogen-bond acceptors (Lipinski definition) is 3. The molecule has 3 aromatic rings. The number of amides is 1. The normalized spacial score (nSPS) is 10.4. The zero-order chi connectivity index (χ0) is 17.6. The van der Waals surface area contributed by atoms with Crippen LogP contribution < -0.4 is 10.9 Å². The topological polar surface area (TPSA) is 64.0 Å². The van der Waals surface area contributed by atoms with Gasteiger partial charge in [-0.1, -0.05) is 30.3 Å². The number of nitrogens with zero attached hydrogens (tertiary/aromatic N) is 2. The van der Waals surface area contributed by atoms with Crippen molar-refractivity contribution in [3.05, 3.63) is 94.2 Å². The van der Waals surface area contributed by atoms with Crippen molar-refractivity contribution in [2.75, 3.05) is 5.32 Å². The van der Waals surface area contributed by atoms with Crippen LogP contribution in [0.4, 0.5) is 5.69 Å². The summed E-state index contributed by atoms with van der Waals surface area (Å²) in [6, 6.07) is 15.2. The lowest BCUT2D eigenvalue weighted by molar-refractivity contribution is 0.102. The van der Waals surface area contributed by atoms with E-state index in [2.05, 4.69) is 10.3 Å². The Kier molecular flexibility index (Phi) is 5.04. The zero-order valence-corrected chi connectivity index (χ0v) is 14.0. The van der Waals surface area contributed by atoms with Gasteiger partial charge in [-0.3, -0.25) is 14.6 Å². The van der Waals surface area contributed by atoms with Crippen molar-refractivity contribution in [3.63, 3.8) is 0 Å². The van der Waals surface area contributed by atoms with E-state index in [1.807, 2.05) is 30.3 Å². The van der Waals surface area contributed by atoms with Crippen molar-refractivity contribution >= 4 is 11.6 Å². The largest absolute Gasteiger partial charge is 0.320 e. The van der Waals surface area contributed by atoms with Gasteiger partial charge in [-0.05, 0) is 42.7 Å². The molecular formula is C20H19N3O2. The van der Waals surface area contributed by atoms with Crippen molar-refractivity contribution < 1.29 is 4.79 Å². The molecule has 0 fully saturated rings. The maximum Gasteiger partial charge on any atom is 0.263 e. The molecule has 2 aromatic heterocycles. The molecule has 0 bridgehead atoms. The molecule has 5 heteroatoms. The van der Waals surface area contributed by atoms with E-state index in [-0.39, 0.29) is 11.1 Å². The Morgan fingerprint density at radius 2 is 1.92 bits per heavy atom. The van der Waals surface area contributed by atoms with E-state index in [0.717, 1.165) is 12.0 Å². The fourth-order valence-electron chi connectivity index (χ4n) is 2.64. The number of aromatic nitrogens is 2. The van der Waals surface area contributed by atoms with Gasteiger partial charge in [0.25, 0.3) is 11.5 Å². The third kappa shape index (κ3) is 4.01. The Balaban J connectivity index is 1.82. The molecule has 126 valence electrons. The average Bonchev–Trinajstić information content (AvgIpc) is 2.63. The molecule has 0 unspecified atom stereocenters. The first-order valence-electron chi connectivity index (χ1n) is 8.10. The first kappa shape index (κ1) is 16.6. The van der Waals surface area contributed by atoms with E-state index < -0.39 is 5.91 Å². The minimum atomic E-state index is -0.412. The van der Waals surface area contributed by atoms with Crippen molar-refractivity contribution in [1.29, 1.82) is 0 Å². The van der Waals surface area contributed by atoms with E-state index in [1.165, 1.54) is 0 Å². The Morgan fingerprint density at radius 3 is 2.64 bits per heavy atom. The molecule has 0 aliphatic carbocycles. The van der Waals surface area contributed by atoms with Crippen LogP contribution in [0, 0.1) is 6.92 Å². The first-order valence-corrected chi connectivity index (χ1v) is 8.10. The van der Waals surface area contributed by atoms with Gasteiger partial charge in [-0.15, -0.1) is 0 Å². The summed E-state index contributed by atoms with van der Waals surface area (Å²) >= 11 is 0. The summed E-state index contributed by atoms with van der Waals surface area (Å²) in [4.78, 5) is 29.2. The number of nitrogens with one attached hydrogen (secondary N) is 1. The van der Waals surface area contributed by atoms with Crippen LogP contribution in [0.2, 0.25) is 0 Å². The minimum absolute atomic E-state index is 0.166. The number of pyridine rings is 2. The maximum atomic E-state index is 12.7. The molecular weight excluding hydrogens is 314 g/mol. The van der Waals surface area contributed by atoms with Crippen LogP contribution >= 0.6 is 0 Å². The van der Waals surface area contributed by atoms with Crippen LogP contribution in [0.5, 0.6) is 0 Å². The highest BCUT2D eigenvalue weighted by Crippen LogP contribution is 2.09. The standard InChI is InChI=1S/C20H19N3O2/c1-15-9-12-23(13-10-16-6-3-2-4-7-16)20(25)18(15)19(24)22-17-8-5-11-21-14-17/h2-9,11-12,14H,10,13H2,1H3,(H,22,24). The highest BCUT2D eigenvalue weighted by Gasteiger charge is 2.16. The number of anilines is 1. The smallest absolute Gasteiger partial charge is 0.263 e. The predicted molar refractivity (Wildman–Crippen MR) is 97.8 cm³/mol. The van der Waals surface area contributed by atoms with Crippen molar-refractivity contribution in [3.8, 4) is 0 Å². The number of aryl methyl sites for hydroxylation is 3. The Bertz CT molecular complexity index is 919. The SMILES string of the molecule is Cc1ccn(CCc2ccccc2)c(=O)c1C(=O)Nc1cccnc1. The molecule has 0 aliphatic rings. The first-order chi connectivity index (χ1) is 12.1. The molecule has 25 heavy (non-hydrogen) atoms. The maximum absolute atomic E-state index is 12.7. The quantitative estimate of drug-likeness (QED) is 0.780. The molecule has 2 heterocycles. The second-order valence-corrected chi connectivity index (χ2v) is 5.80. The Morgan fingerprint density at radius 1 is 1.12 bits per heavy atom. The van der Waals surface area contributed by atoms with Gasteiger partial charge in [-0.25, -0.2) is 0 Å². The number of carbonyl (C=O) groups is 1. The molecule has 0 atom stereocenters. The number of hydrogen-bond donors (Lipinski definition) is 1. The number of rotatable bonds is 5. The van der Waals surface area contributed by atoms with E-state index in [4.69, 9.17) is 0 Å². The monoisotopic (exact) mass is 333 g/mol. The fourth-order valence-corrected chi connectivity index (χ4v) is 2.64. The zero-order valence-electron chi connectivity index (χ0n) is 14.0. The summed E-state index contributed by atoms with van der Waals surface area (Å²) < 4.78 is 1.58. The van der Waals surface area contributed by atoms with E-state index in [0.29, 0.717) is 17.8 Å². The van der Waals surface area contributed by atoms with E-state index in [1.54, 1.807) is 48.3 Å².